The lowest BCUT2D eigenvalue weighted by atomic mass is 10.2. The second-order valence-electron chi connectivity index (χ2n) is 4.33. The van der Waals surface area contributed by atoms with Crippen LogP contribution in [0, 0.1) is 0 Å². The van der Waals surface area contributed by atoms with Crippen LogP contribution in [0.25, 0.3) is 6.08 Å². The van der Waals surface area contributed by atoms with Crippen molar-refractivity contribution in [3.63, 3.8) is 0 Å². The van der Waals surface area contributed by atoms with E-state index in [2.05, 4.69) is 4.99 Å². The van der Waals surface area contributed by atoms with Crippen LogP contribution in [0.1, 0.15) is 11.3 Å². The number of amidine groups is 1. The van der Waals surface area contributed by atoms with E-state index in [0.29, 0.717) is 11.3 Å². The maximum Gasteiger partial charge on any atom is 0.327 e. The molecular formula is C15H11N3O3. The zero-order valence-electron chi connectivity index (χ0n) is 10.9. The molecule has 3 rings (SSSR count). The van der Waals surface area contributed by atoms with Gasteiger partial charge in [-0.25, -0.2) is 14.7 Å². The Bertz CT molecular complexity index is 746. The molecule has 2 N–H and O–H groups in total. The Labute approximate surface area is 120 Å². The maximum absolute atomic E-state index is 12.3. The minimum Gasteiger partial charge on any atom is -0.465 e. The molecule has 0 unspecified atom stereocenters. The number of carbonyl (C=O) groups excluding carboxylic acids is 2. The highest BCUT2D eigenvalue weighted by Gasteiger charge is 2.34. The topological polar surface area (TPSA) is 88.9 Å². The van der Waals surface area contributed by atoms with Gasteiger partial charge in [-0.3, -0.25) is 4.79 Å². The lowest BCUT2D eigenvalue weighted by molar-refractivity contribution is -0.120. The molecular weight excluding hydrogens is 270 g/mol. The molecule has 1 aliphatic rings. The smallest absolute Gasteiger partial charge is 0.327 e. The summed E-state index contributed by atoms with van der Waals surface area (Å²) in [5, 5.41) is 0. The van der Waals surface area contributed by atoms with Crippen molar-refractivity contribution in [3.05, 3.63) is 65.7 Å². The number of hydrogen-bond acceptors (Lipinski definition) is 4. The van der Waals surface area contributed by atoms with E-state index < -0.39 is 11.9 Å². The first-order valence-corrected chi connectivity index (χ1v) is 6.20. The number of rotatable bonds is 2. The van der Waals surface area contributed by atoms with E-state index in [9.17, 15) is 9.59 Å². The van der Waals surface area contributed by atoms with Crippen LogP contribution < -0.4 is 5.73 Å². The van der Waals surface area contributed by atoms with Crippen molar-refractivity contribution < 1.29 is 14.0 Å². The normalized spacial score (nSPS) is 16.4. The molecule has 1 aliphatic heterocycles. The average molecular weight is 281 g/mol. The number of imide groups is 1. The molecule has 1 aromatic heterocycles. The molecule has 1 aromatic carbocycles. The number of primary amides is 1. The lowest BCUT2D eigenvalue weighted by Gasteiger charge is -2.12. The summed E-state index contributed by atoms with van der Waals surface area (Å²) in [6.07, 6.45) is 2.95. The van der Waals surface area contributed by atoms with Gasteiger partial charge >= 0.3 is 6.03 Å². The van der Waals surface area contributed by atoms with Crippen LogP contribution in [0.5, 0.6) is 0 Å². The number of aliphatic imine (C=N–C) groups is 1. The van der Waals surface area contributed by atoms with Crippen molar-refractivity contribution in [1.82, 2.24) is 4.90 Å². The van der Waals surface area contributed by atoms with E-state index in [0.717, 1.165) is 4.90 Å². The predicted molar refractivity (Wildman–Crippen MR) is 76.1 cm³/mol. The van der Waals surface area contributed by atoms with Crippen LogP contribution in [0.3, 0.4) is 0 Å². The highest BCUT2D eigenvalue weighted by molar-refractivity contribution is 6.27. The van der Waals surface area contributed by atoms with Crippen LogP contribution in [0.15, 0.2) is 63.8 Å². The maximum atomic E-state index is 12.3. The summed E-state index contributed by atoms with van der Waals surface area (Å²) in [5.41, 5.74) is 6.02. The van der Waals surface area contributed by atoms with Crippen molar-refractivity contribution in [2.24, 2.45) is 10.7 Å². The fraction of sp³-hybridized carbons (Fsp3) is 0. The Morgan fingerprint density at radius 3 is 2.57 bits per heavy atom. The fourth-order valence-corrected chi connectivity index (χ4v) is 2.01. The zero-order valence-corrected chi connectivity index (χ0v) is 10.9. The van der Waals surface area contributed by atoms with Gasteiger partial charge in [-0.1, -0.05) is 30.3 Å². The molecule has 6 heteroatoms. The molecule has 0 radical (unpaired) electrons. The fourth-order valence-electron chi connectivity index (χ4n) is 2.01. The number of urea groups is 1. The molecule has 6 nitrogen and oxygen atoms in total. The van der Waals surface area contributed by atoms with Gasteiger partial charge in [0.1, 0.15) is 11.5 Å². The van der Waals surface area contributed by atoms with Crippen molar-refractivity contribution in [2.45, 2.75) is 0 Å². The highest BCUT2D eigenvalue weighted by Crippen LogP contribution is 2.21. The summed E-state index contributed by atoms with van der Waals surface area (Å²) in [7, 11) is 0. The SMILES string of the molecule is NC(=O)N1C(=O)/C(=C/c2ccco2)N=C1c1ccccc1. The zero-order chi connectivity index (χ0) is 14.8. The Kier molecular flexibility index (Phi) is 3.12. The van der Waals surface area contributed by atoms with Gasteiger partial charge in [0.15, 0.2) is 5.84 Å². The predicted octanol–water partition coefficient (Wildman–Crippen LogP) is 1.99. The van der Waals surface area contributed by atoms with Gasteiger partial charge in [-0.15, -0.1) is 0 Å². The minimum atomic E-state index is -0.870. The van der Waals surface area contributed by atoms with E-state index in [4.69, 9.17) is 10.2 Å². The van der Waals surface area contributed by atoms with Crippen molar-refractivity contribution in [1.29, 1.82) is 0 Å². The third kappa shape index (κ3) is 2.34. The van der Waals surface area contributed by atoms with E-state index in [1.54, 1.807) is 36.4 Å². The van der Waals surface area contributed by atoms with Gasteiger partial charge in [-0.05, 0) is 12.1 Å². The number of amides is 3. The Hall–Kier alpha value is -3.15. The first-order chi connectivity index (χ1) is 10.2. The summed E-state index contributed by atoms with van der Waals surface area (Å²) in [5.74, 6) is 0.115. The van der Waals surface area contributed by atoms with Crippen LogP contribution >= 0.6 is 0 Å². The molecule has 0 bridgehead atoms. The highest BCUT2D eigenvalue weighted by atomic mass is 16.3. The van der Waals surface area contributed by atoms with Crippen LogP contribution in [-0.2, 0) is 4.79 Å². The van der Waals surface area contributed by atoms with Gasteiger partial charge in [0.05, 0.1) is 6.26 Å². The number of hydrogen-bond donors (Lipinski definition) is 1. The second-order valence-corrected chi connectivity index (χ2v) is 4.33. The summed E-state index contributed by atoms with van der Waals surface area (Å²) < 4.78 is 5.15. The molecule has 0 spiro atoms. The number of nitrogens with two attached hydrogens (primary N) is 1. The van der Waals surface area contributed by atoms with E-state index >= 15 is 0 Å². The molecule has 0 saturated carbocycles. The number of benzene rings is 1. The number of nitrogens with zero attached hydrogens (tertiary/aromatic N) is 2. The molecule has 3 amide bonds. The van der Waals surface area contributed by atoms with Gasteiger partial charge in [0.2, 0.25) is 0 Å². The van der Waals surface area contributed by atoms with E-state index in [1.165, 1.54) is 12.3 Å². The largest absolute Gasteiger partial charge is 0.465 e. The molecule has 104 valence electrons. The molecule has 2 aromatic rings. The molecule has 0 aliphatic carbocycles. The molecule has 0 saturated heterocycles. The monoisotopic (exact) mass is 281 g/mol. The molecule has 21 heavy (non-hydrogen) atoms. The van der Waals surface area contributed by atoms with Crippen LogP contribution in [0.4, 0.5) is 4.79 Å². The summed E-state index contributed by atoms with van der Waals surface area (Å²) >= 11 is 0. The molecule has 2 heterocycles. The molecule has 0 fully saturated rings. The van der Waals surface area contributed by atoms with E-state index in [-0.39, 0.29) is 11.5 Å². The third-order valence-electron chi connectivity index (χ3n) is 2.93. The summed E-state index contributed by atoms with van der Waals surface area (Å²) in [4.78, 5) is 28.9. The van der Waals surface area contributed by atoms with Crippen molar-refractivity contribution in [3.8, 4) is 0 Å². The second kappa shape index (κ2) is 5.09. The van der Waals surface area contributed by atoms with Gasteiger partial charge in [0.25, 0.3) is 5.91 Å². The summed E-state index contributed by atoms with van der Waals surface area (Å²) in [6, 6.07) is 11.4. The molecule has 0 atom stereocenters. The average Bonchev–Trinajstić information content (AvgIpc) is 3.09. The Morgan fingerprint density at radius 2 is 1.95 bits per heavy atom. The van der Waals surface area contributed by atoms with E-state index in [1.807, 2.05) is 6.07 Å². The standard InChI is InChI=1S/C15H11N3O3/c16-15(20)18-13(10-5-2-1-3-6-10)17-12(14(18)19)9-11-7-4-8-21-11/h1-9H,(H2,16,20)/b12-9-. The number of carbonyl (C=O) groups is 2. The third-order valence-corrected chi connectivity index (χ3v) is 2.93. The Morgan fingerprint density at radius 1 is 1.19 bits per heavy atom. The van der Waals surface area contributed by atoms with Gasteiger partial charge < -0.3 is 10.2 Å². The summed E-state index contributed by atoms with van der Waals surface area (Å²) in [6.45, 7) is 0. The van der Waals surface area contributed by atoms with Crippen LogP contribution in [0.2, 0.25) is 0 Å². The van der Waals surface area contributed by atoms with Crippen molar-refractivity contribution >= 4 is 23.8 Å². The number of furan rings is 1. The van der Waals surface area contributed by atoms with Gasteiger partial charge in [0, 0.05) is 11.6 Å². The Balaban J connectivity index is 2.07. The first-order valence-electron chi connectivity index (χ1n) is 6.20. The minimum absolute atomic E-state index is 0.0996. The first kappa shape index (κ1) is 12.9. The van der Waals surface area contributed by atoms with Crippen LogP contribution in [-0.4, -0.2) is 22.7 Å². The van der Waals surface area contributed by atoms with Gasteiger partial charge in [-0.2, -0.15) is 0 Å². The quantitative estimate of drug-likeness (QED) is 0.853. The van der Waals surface area contributed by atoms with Crippen molar-refractivity contribution in [2.75, 3.05) is 0 Å². The lowest BCUT2D eigenvalue weighted by Crippen LogP contribution is -2.42.